The molecule has 0 aliphatic rings. The van der Waals surface area contributed by atoms with Crippen LogP contribution in [0, 0.1) is 0 Å². The van der Waals surface area contributed by atoms with Gasteiger partial charge in [0.05, 0.1) is 5.69 Å². The van der Waals surface area contributed by atoms with Crippen LogP contribution in [0.15, 0.2) is 36.8 Å². The van der Waals surface area contributed by atoms with E-state index in [-0.39, 0.29) is 17.6 Å². The Bertz CT molecular complexity index is 483. The largest absolute Gasteiger partial charge is 0.322 e. The normalized spacial score (nSPS) is 10.1. The molecule has 0 fully saturated rings. The lowest BCUT2D eigenvalue weighted by Crippen LogP contribution is -2.19. The molecule has 6 heteroatoms. The molecule has 0 bridgehead atoms. The summed E-state index contributed by atoms with van der Waals surface area (Å²) in [6, 6.07) is 5.15. The summed E-state index contributed by atoms with van der Waals surface area (Å²) in [5.74, 6) is -0.196. The van der Waals surface area contributed by atoms with Crippen molar-refractivity contribution in [2.24, 2.45) is 0 Å². The van der Waals surface area contributed by atoms with Crippen LogP contribution in [0.2, 0.25) is 5.15 Å². The molecule has 0 aliphatic heterocycles. The minimum atomic E-state index is -0.196. The van der Waals surface area contributed by atoms with Crippen molar-refractivity contribution in [1.82, 2.24) is 14.8 Å². The Hall–Kier alpha value is -1.88. The van der Waals surface area contributed by atoms with E-state index in [0.29, 0.717) is 5.69 Å². The highest BCUT2D eigenvalue weighted by molar-refractivity contribution is 6.32. The van der Waals surface area contributed by atoms with Gasteiger partial charge in [0.15, 0.2) is 5.15 Å². The van der Waals surface area contributed by atoms with Crippen LogP contribution in [0.3, 0.4) is 0 Å². The van der Waals surface area contributed by atoms with E-state index >= 15 is 0 Å². The number of anilines is 1. The first-order chi connectivity index (χ1) is 7.75. The van der Waals surface area contributed by atoms with E-state index in [2.05, 4.69) is 15.4 Å². The number of halogens is 1. The standard InChI is InChI=1S/C10H9ClN4O/c11-10-8(3-1-4-12-10)14-9(16)7-15-6-2-5-13-15/h1-6H,7H2,(H,14,16). The Morgan fingerprint density at radius 2 is 2.31 bits per heavy atom. The Balaban J connectivity index is 2.00. The minimum absolute atomic E-state index is 0.151. The van der Waals surface area contributed by atoms with Gasteiger partial charge in [0, 0.05) is 18.6 Å². The first-order valence-corrected chi connectivity index (χ1v) is 5.01. The summed E-state index contributed by atoms with van der Waals surface area (Å²) in [5.41, 5.74) is 0.501. The average Bonchev–Trinajstić information content (AvgIpc) is 2.74. The van der Waals surface area contributed by atoms with Crippen molar-refractivity contribution in [2.45, 2.75) is 6.54 Å². The van der Waals surface area contributed by atoms with Crippen LogP contribution in [0.4, 0.5) is 5.69 Å². The van der Waals surface area contributed by atoms with Crippen molar-refractivity contribution in [1.29, 1.82) is 0 Å². The van der Waals surface area contributed by atoms with Crippen molar-refractivity contribution in [3.8, 4) is 0 Å². The van der Waals surface area contributed by atoms with Gasteiger partial charge in [-0.1, -0.05) is 11.6 Å². The fourth-order valence-corrected chi connectivity index (χ4v) is 1.38. The second-order valence-corrected chi connectivity index (χ2v) is 3.45. The molecule has 16 heavy (non-hydrogen) atoms. The summed E-state index contributed by atoms with van der Waals surface area (Å²) in [5, 5.41) is 6.86. The zero-order chi connectivity index (χ0) is 11.4. The Labute approximate surface area is 97.1 Å². The van der Waals surface area contributed by atoms with E-state index in [0.717, 1.165) is 0 Å². The number of nitrogens with one attached hydrogen (secondary N) is 1. The van der Waals surface area contributed by atoms with Crippen molar-refractivity contribution >= 4 is 23.2 Å². The maximum Gasteiger partial charge on any atom is 0.246 e. The molecule has 2 aromatic heterocycles. The Kier molecular flexibility index (Phi) is 3.16. The van der Waals surface area contributed by atoms with Gasteiger partial charge in [-0.25, -0.2) is 4.98 Å². The van der Waals surface area contributed by atoms with Gasteiger partial charge in [-0.05, 0) is 18.2 Å². The molecule has 5 nitrogen and oxygen atoms in total. The Morgan fingerprint density at radius 3 is 3.00 bits per heavy atom. The van der Waals surface area contributed by atoms with Crippen molar-refractivity contribution < 1.29 is 4.79 Å². The molecule has 2 rings (SSSR count). The maximum absolute atomic E-state index is 11.6. The molecular weight excluding hydrogens is 228 g/mol. The number of hydrogen-bond acceptors (Lipinski definition) is 3. The van der Waals surface area contributed by atoms with Crippen LogP contribution in [-0.4, -0.2) is 20.7 Å². The maximum atomic E-state index is 11.6. The van der Waals surface area contributed by atoms with E-state index in [9.17, 15) is 4.79 Å². The number of carbonyl (C=O) groups is 1. The van der Waals surface area contributed by atoms with E-state index in [1.54, 1.807) is 36.8 Å². The van der Waals surface area contributed by atoms with Crippen molar-refractivity contribution in [3.63, 3.8) is 0 Å². The van der Waals surface area contributed by atoms with Crippen LogP contribution in [0.1, 0.15) is 0 Å². The van der Waals surface area contributed by atoms with Gasteiger partial charge in [-0.15, -0.1) is 0 Å². The number of hydrogen-bond donors (Lipinski definition) is 1. The molecular formula is C10H9ClN4O. The molecule has 0 spiro atoms. The SMILES string of the molecule is O=C(Cn1cccn1)Nc1cccnc1Cl. The number of aromatic nitrogens is 3. The van der Waals surface area contributed by atoms with Crippen molar-refractivity contribution in [3.05, 3.63) is 41.9 Å². The second-order valence-electron chi connectivity index (χ2n) is 3.09. The van der Waals surface area contributed by atoms with Gasteiger partial charge in [0.25, 0.3) is 0 Å². The fraction of sp³-hybridized carbons (Fsp3) is 0.100. The highest BCUT2D eigenvalue weighted by Gasteiger charge is 2.06. The molecule has 2 heterocycles. The van der Waals surface area contributed by atoms with Gasteiger partial charge in [0.2, 0.25) is 5.91 Å². The van der Waals surface area contributed by atoms with Gasteiger partial charge in [-0.3, -0.25) is 9.48 Å². The molecule has 82 valence electrons. The van der Waals surface area contributed by atoms with Gasteiger partial charge in [-0.2, -0.15) is 5.10 Å². The third-order valence-electron chi connectivity index (χ3n) is 1.90. The quantitative estimate of drug-likeness (QED) is 0.823. The molecule has 2 aromatic rings. The van der Waals surface area contributed by atoms with Gasteiger partial charge >= 0.3 is 0 Å². The summed E-state index contributed by atoms with van der Waals surface area (Å²) in [4.78, 5) is 15.4. The van der Waals surface area contributed by atoms with Crippen LogP contribution in [0.5, 0.6) is 0 Å². The minimum Gasteiger partial charge on any atom is -0.322 e. The fourth-order valence-electron chi connectivity index (χ4n) is 1.21. The van der Waals surface area contributed by atoms with Crippen molar-refractivity contribution in [2.75, 3.05) is 5.32 Å². The van der Waals surface area contributed by atoms with Crippen LogP contribution in [0.25, 0.3) is 0 Å². The lowest BCUT2D eigenvalue weighted by atomic mass is 10.4. The van der Waals surface area contributed by atoms with E-state index in [1.807, 2.05) is 0 Å². The third kappa shape index (κ3) is 2.58. The molecule has 0 saturated heterocycles. The summed E-state index contributed by atoms with van der Waals surface area (Å²) >= 11 is 5.80. The topological polar surface area (TPSA) is 59.8 Å². The summed E-state index contributed by atoms with van der Waals surface area (Å²) in [6.45, 7) is 0.151. The number of rotatable bonds is 3. The molecule has 0 aliphatic carbocycles. The first-order valence-electron chi connectivity index (χ1n) is 4.63. The zero-order valence-electron chi connectivity index (χ0n) is 8.30. The molecule has 0 unspecified atom stereocenters. The first kappa shape index (κ1) is 10.6. The van der Waals surface area contributed by atoms with E-state index < -0.39 is 0 Å². The van der Waals surface area contributed by atoms with Crippen LogP contribution >= 0.6 is 11.6 Å². The smallest absolute Gasteiger partial charge is 0.246 e. The third-order valence-corrected chi connectivity index (χ3v) is 2.20. The lowest BCUT2D eigenvalue weighted by molar-refractivity contribution is -0.116. The number of nitrogens with zero attached hydrogens (tertiary/aromatic N) is 3. The predicted molar refractivity (Wildman–Crippen MR) is 60.1 cm³/mol. The molecule has 0 radical (unpaired) electrons. The second kappa shape index (κ2) is 4.76. The Morgan fingerprint density at radius 1 is 1.44 bits per heavy atom. The number of amides is 1. The van der Waals surface area contributed by atoms with Gasteiger partial charge in [0.1, 0.15) is 6.54 Å². The average molecular weight is 237 g/mol. The summed E-state index contributed by atoms with van der Waals surface area (Å²) < 4.78 is 1.53. The number of carbonyl (C=O) groups excluding carboxylic acids is 1. The molecule has 0 atom stereocenters. The summed E-state index contributed by atoms with van der Waals surface area (Å²) in [7, 11) is 0. The molecule has 0 saturated carbocycles. The van der Waals surface area contributed by atoms with Gasteiger partial charge < -0.3 is 5.32 Å². The van der Waals surface area contributed by atoms with E-state index in [4.69, 9.17) is 11.6 Å². The lowest BCUT2D eigenvalue weighted by Gasteiger charge is -2.05. The molecule has 1 amide bonds. The monoisotopic (exact) mass is 236 g/mol. The molecule has 0 aromatic carbocycles. The molecule has 1 N–H and O–H groups in total. The van der Waals surface area contributed by atoms with Crippen LogP contribution in [-0.2, 0) is 11.3 Å². The number of pyridine rings is 1. The van der Waals surface area contributed by atoms with E-state index in [1.165, 1.54) is 4.68 Å². The highest BCUT2D eigenvalue weighted by atomic mass is 35.5. The van der Waals surface area contributed by atoms with Crippen LogP contribution < -0.4 is 5.32 Å². The summed E-state index contributed by atoms with van der Waals surface area (Å²) in [6.07, 6.45) is 4.89. The zero-order valence-corrected chi connectivity index (χ0v) is 9.05. The predicted octanol–water partition coefficient (Wildman–Crippen LogP) is 1.57. The highest BCUT2D eigenvalue weighted by Crippen LogP contribution is 2.17.